The van der Waals surface area contributed by atoms with Crippen molar-refractivity contribution in [3.63, 3.8) is 0 Å². The highest BCUT2D eigenvalue weighted by Crippen LogP contribution is 2.36. The van der Waals surface area contributed by atoms with Crippen molar-refractivity contribution in [1.29, 1.82) is 0 Å². The van der Waals surface area contributed by atoms with Crippen LogP contribution in [0.1, 0.15) is 18.4 Å². The van der Waals surface area contributed by atoms with E-state index in [0.717, 1.165) is 35.6 Å². The van der Waals surface area contributed by atoms with E-state index >= 15 is 0 Å². The van der Waals surface area contributed by atoms with Crippen LogP contribution >= 0.6 is 11.3 Å². The zero-order chi connectivity index (χ0) is 17.8. The lowest BCUT2D eigenvalue weighted by molar-refractivity contribution is -0.116. The van der Waals surface area contributed by atoms with Gasteiger partial charge in [-0.2, -0.15) is 0 Å². The number of hydrogen-bond donors (Lipinski definition) is 1. The molecule has 2 aromatic carbocycles. The van der Waals surface area contributed by atoms with E-state index in [-0.39, 0.29) is 12.7 Å². The summed E-state index contributed by atoms with van der Waals surface area (Å²) in [5, 5.41) is 5.42. The summed E-state index contributed by atoms with van der Waals surface area (Å²) >= 11 is 1.42. The Kier molecular flexibility index (Phi) is 4.84. The molecule has 4 rings (SSSR count). The molecule has 0 saturated carbocycles. The molecular formula is C20H18N2O3S. The molecule has 1 aliphatic heterocycles. The number of aromatic nitrogens is 1. The van der Waals surface area contributed by atoms with Crippen LogP contribution < -0.4 is 14.8 Å². The van der Waals surface area contributed by atoms with Gasteiger partial charge in [-0.05, 0) is 36.6 Å². The van der Waals surface area contributed by atoms with Crippen LogP contribution in [0, 0.1) is 0 Å². The Morgan fingerprint density at radius 1 is 1.12 bits per heavy atom. The van der Waals surface area contributed by atoms with Crippen LogP contribution in [0.25, 0.3) is 11.3 Å². The fourth-order valence-electron chi connectivity index (χ4n) is 2.80. The summed E-state index contributed by atoms with van der Waals surface area (Å²) in [5.74, 6) is 1.46. The second-order valence-corrected chi connectivity index (χ2v) is 6.85. The molecule has 0 radical (unpaired) electrons. The molecule has 6 heteroatoms. The third kappa shape index (κ3) is 3.86. The summed E-state index contributed by atoms with van der Waals surface area (Å²) in [6.07, 6.45) is 2.19. The normalized spacial score (nSPS) is 12.2. The highest BCUT2D eigenvalue weighted by Gasteiger charge is 2.15. The van der Waals surface area contributed by atoms with E-state index < -0.39 is 0 Å². The minimum atomic E-state index is -0.00693. The number of carbonyl (C=O) groups is 1. The highest BCUT2D eigenvalue weighted by atomic mass is 32.1. The predicted molar refractivity (Wildman–Crippen MR) is 102 cm³/mol. The highest BCUT2D eigenvalue weighted by molar-refractivity contribution is 7.14. The zero-order valence-corrected chi connectivity index (χ0v) is 14.9. The minimum absolute atomic E-state index is 0.00693. The summed E-state index contributed by atoms with van der Waals surface area (Å²) < 4.78 is 10.7. The van der Waals surface area contributed by atoms with Crippen LogP contribution in [-0.2, 0) is 11.2 Å². The van der Waals surface area contributed by atoms with Crippen molar-refractivity contribution in [3.05, 3.63) is 59.5 Å². The standard InChI is InChI=1S/C20H18N2O3S/c23-19(8-4-7-14-5-2-1-3-6-14)22-20-21-16(12-26-20)15-9-10-17-18(11-15)25-13-24-17/h1-3,5-6,9-12H,4,7-8,13H2,(H,21,22,23). The fraction of sp³-hybridized carbons (Fsp3) is 0.200. The molecule has 0 unspecified atom stereocenters. The van der Waals surface area contributed by atoms with Gasteiger partial charge in [-0.3, -0.25) is 4.79 Å². The van der Waals surface area contributed by atoms with Crippen molar-refractivity contribution in [2.45, 2.75) is 19.3 Å². The maximum absolute atomic E-state index is 12.1. The zero-order valence-electron chi connectivity index (χ0n) is 14.1. The number of fused-ring (bicyclic) bond motifs is 1. The Balaban J connectivity index is 1.32. The van der Waals surface area contributed by atoms with Crippen LogP contribution in [0.15, 0.2) is 53.9 Å². The molecule has 3 aromatic rings. The third-order valence-electron chi connectivity index (χ3n) is 4.13. The van der Waals surface area contributed by atoms with E-state index in [1.807, 2.05) is 41.8 Å². The molecular weight excluding hydrogens is 348 g/mol. The number of aryl methyl sites for hydroxylation is 1. The fourth-order valence-corrected chi connectivity index (χ4v) is 3.53. The van der Waals surface area contributed by atoms with Gasteiger partial charge < -0.3 is 14.8 Å². The quantitative estimate of drug-likeness (QED) is 0.698. The number of nitrogens with one attached hydrogen (secondary N) is 1. The van der Waals surface area contributed by atoms with Crippen molar-refractivity contribution in [2.24, 2.45) is 0 Å². The lowest BCUT2D eigenvalue weighted by Gasteiger charge is -2.03. The Bertz CT molecular complexity index is 908. The van der Waals surface area contributed by atoms with Gasteiger partial charge in [0.25, 0.3) is 0 Å². The Hall–Kier alpha value is -2.86. The van der Waals surface area contributed by atoms with E-state index in [9.17, 15) is 4.79 Å². The van der Waals surface area contributed by atoms with Crippen molar-refractivity contribution < 1.29 is 14.3 Å². The van der Waals surface area contributed by atoms with Crippen LogP contribution in [0.2, 0.25) is 0 Å². The van der Waals surface area contributed by atoms with Crippen LogP contribution in [0.4, 0.5) is 5.13 Å². The molecule has 1 amide bonds. The first-order valence-electron chi connectivity index (χ1n) is 8.47. The van der Waals surface area contributed by atoms with Crippen molar-refractivity contribution >= 4 is 22.4 Å². The SMILES string of the molecule is O=C(CCCc1ccccc1)Nc1nc(-c2ccc3c(c2)OCO3)cs1. The van der Waals surface area contributed by atoms with Gasteiger partial charge in [-0.15, -0.1) is 11.3 Å². The van der Waals surface area contributed by atoms with Gasteiger partial charge in [0.15, 0.2) is 16.6 Å². The lowest BCUT2D eigenvalue weighted by atomic mass is 10.1. The Labute approximate surface area is 155 Å². The number of thiazole rings is 1. The molecule has 0 atom stereocenters. The average molecular weight is 366 g/mol. The molecule has 26 heavy (non-hydrogen) atoms. The third-order valence-corrected chi connectivity index (χ3v) is 4.89. The molecule has 1 aliphatic rings. The van der Waals surface area contributed by atoms with Crippen LogP contribution in [0.3, 0.4) is 0 Å². The number of carbonyl (C=O) groups excluding carboxylic acids is 1. The number of rotatable bonds is 6. The second kappa shape index (κ2) is 7.58. The Morgan fingerprint density at radius 2 is 1.96 bits per heavy atom. The maximum atomic E-state index is 12.1. The van der Waals surface area contributed by atoms with Gasteiger partial charge in [0.05, 0.1) is 5.69 Å². The number of nitrogens with zero attached hydrogens (tertiary/aromatic N) is 1. The van der Waals surface area contributed by atoms with Gasteiger partial charge in [-0.1, -0.05) is 30.3 Å². The van der Waals surface area contributed by atoms with E-state index in [1.165, 1.54) is 16.9 Å². The molecule has 0 aliphatic carbocycles. The molecule has 0 spiro atoms. The molecule has 132 valence electrons. The molecule has 5 nitrogen and oxygen atoms in total. The minimum Gasteiger partial charge on any atom is -0.454 e. The maximum Gasteiger partial charge on any atom is 0.231 e. The number of benzene rings is 2. The summed E-state index contributed by atoms with van der Waals surface area (Å²) in [5.41, 5.74) is 3.00. The predicted octanol–water partition coefficient (Wildman–Crippen LogP) is 4.50. The molecule has 0 bridgehead atoms. The summed E-state index contributed by atoms with van der Waals surface area (Å²) in [4.78, 5) is 16.6. The first kappa shape index (κ1) is 16.6. The van der Waals surface area contributed by atoms with Crippen molar-refractivity contribution in [2.75, 3.05) is 12.1 Å². The number of amides is 1. The number of anilines is 1. The van der Waals surface area contributed by atoms with Crippen molar-refractivity contribution in [1.82, 2.24) is 4.98 Å². The summed E-state index contributed by atoms with van der Waals surface area (Å²) in [6.45, 7) is 0.250. The molecule has 0 fully saturated rings. The van der Waals surface area contributed by atoms with E-state index in [4.69, 9.17) is 9.47 Å². The Morgan fingerprint density at radius 3 is 2.85 bits per heavy atom. The van der Waals surface area contributed by atoms with Gasteiger partial charge in [-0.25, -0.2) is 4.98 Å². The van der Waals surface area contributed by atoms with Gasteiger partial charge >= 0.3 is 0 Å². The topological polar surface area (TPSA) is 60.5 Å². The smallest absolute Gasteiger partial charge is 0.231 e. The van der Waals surface area contributed by atoms with Gasteiger partial charge in [0, 0.05) is 17.4 Å². The summed E-state index contributed by atoms with van der Waals surface area (Å²) in [6, 6.07) is 15.9. The van der Waals surface area contributed by atoms with Crippen LogP contribution in [-0.4, -0.2) is 17.7 Å². The van der Waals surface area contributed by atoms with Gasteiger partial charge in [0.1, 0.15) is 0 Å². The van der Waals surface area contributed by atoms with Crippen LogP contribution in [0.5, 0.6) is 11.5 Å². The van der Waals surface area contributed by atoms with E-state index in [0.29, 0.717) is 11.6 Å². The second-order valence-electron chi connectivity index (χ2n) is 5.99. The van der Waals surface area contributed by atoms with Gasteiger partial charge in [0.2, 0.25) is 12.7 Å². The largest absolute Gasteiger partial charge is 0.454 e. The molecule has 1 aromatic heterocycles. The molecule has 1 N–H and O–H groups in total. The average Bonchev–Trinajstić information content (AvgIpc) is 3.31. The lowest BCUT2D eigenvalue weighted by Crippen LogP contribution is -2.11. The first-order chi connectivity index (χ1) is 12.8. The summed E-state index contributed by atoms with van der Waals surface area (Å²) in [7, 11) is 0. The monoisotopic (exact) mass is 366 g/mol. The molecule has 2 heterocycles. The molecule has 0 saturated heterocycles. The first-order valence-corrected chi connectivity index (χ1v) is 9.35. The van der Waals surface area contributed by atoms with E-state index in [1.54, 1.807) is 0 Å². The number of ether oxygens (including phenoxy) is 2. The van der Waals surface area contributed by atoms with Crippen molar-refractivity contribution in [3.8, 4) is 22.8 Å². The number of hydrogen-bond acceptors (Lipinski definition) is 5. The van der Waals surface area contributed by atoms with E-state index in [2.05, 4.69) is 22.4 Å².